The summed E-state index contributed by atoms with van der Waals surface area (Å²) in [6.45, 7) is 0. The minimum Gasteiger partial charge on any atom is -0.337 e. The molecule has 0 N–H and O–H groups in total. The van der Waals surface area contributed by atoms with Crippen LogP contribution in [0.2, 0.25) is 0 Å². The van der Waals surface area contributed by atoms with E-state index in [9.17, 15) is 0 Å². The van der Waals surface area contributed by atoms with Crippen molar-refractivity contribution < 1.29 is 0 Å². The van der Waals surface area contributed by atoms with Gasteiger partial charge in [-0.1, -0.05) is 0 Å². The number of hydrogen-bond acceptors (Lipinski definition) is 2. The molecule has 0 aromatic carbocycles. The van der Waals surface area contributed by atoms with Crippen LogP contribution in [0.1, 0.15) is 11.6 Å². The molecule has 2 heterocycles. The average molecular weight is 334 g/mol. The number of rotatable bonds is 2. The lowest BCUT2D eigenvalue weighted by molar-refractivity contribution is 0.847. The van der Waals surface area contributed by atoms with Crippen LogP contribution in [0.15, 0.2) is 24.8 Å². The number of aromatic nitrogens is 4. The van der Waals surface area contributed by atoms with E-state index in [0.29, 0.717) is 11.8 Å². The van der Waals surface area contributed by atoms with Crippen LogP contribution in [0.25, 0.3) is 0 Å². The second-order valence-corrected chi connectivity index (χ2v) is 3.71. The van der Waals surface area contributed by atoms with Gasteiger partial charge in [0.25, 0.3) is 0 Å². The monoisotopic (exact) mass is 332 g/mol. The Balaban J connectivity index is 0. The second kappa shape index (κ2) is 10.5. The highest BCUT2D eigenvalue weighted by Gasteiger charge is 1.92. The van der Waals surface area contributed by atoms with Gasteiger partial charge in [-0.25, -0.2) is 9.97 Å². The Hall–Kier alpha value is -0.420. The number of halogens is 4. The molecule has 0 radical (unpaired) electrons. The van der Waals surface area contributed by atoms with E-state index >= 15 is 0 Å². The summed E-state index contributed by atoms with van der Waals surface area (Å²) in [5.41, 5.74) is 0. The first-order valence-corrected chi connectivity index (χ1v) is 5.80. The summed E-state index contributed by atoms with van der Waals surface area (Å²) in [7, 11) is 3.84. The summed E-state index contributed by atoms with van der Waals surface area (Å²) in [4.78, 5) is 7.93. The van der Waals surface area contributed by atoms with Crippen molar-refractivity contribution >= 4 is 48.0 Å². The van der Waals surface area contributed by atoms with Crippen LogP contribution in [0.4, 0.5) is 0 Å². The highest BCUT2D eigenvalue weighted by Crippen LogP contribution is 1.97. The van der Waals surface area contributed by atoms with Crippen molar-refractivity contribution in [2.75, 3.05) is 0 Å². The van der Waals surface area contributed by atoms with Crippen molar-refractivity contribution in [1.29, 1.82) is 0 Å². The Morgan fingerprint density at radius 1 is 0.889 bits per heavy atom. The molecular formula is C10H16Cl4N4. The predicted octanol–water partition coefficient (Wildman–Crippen LogP) is 3.16. The number of aryl methyl sites for hydroxylation is 2. The van der Waals surface area contributed by atoms with Gasteiger partial charge in [-0.2, -0.15) is 0 Å². The molecule has 0 spiro atoms. The third-order valence-electron chi connectivity index (χ3n) is 2.08. The zero-order valence-electron chi connectivity index (χ0n) is 10.1. The Kier molecular flexibility index (Phi) is 11.6. The van der Waals surface area contributed by atoms with Gasteiger partial charge in [0.05, 0.1) is 11.8 Å². The van der Waals surface area contributed by atoms with Crippen LogP contribution in [-0.4, -0.2) is 19.1 Å². The van der Waals surface area contributed by atoms with Crippen LogP contribution in [-0.2, 0) is 25.9 Å². The summed E-state index contributed by atoms with van der Waals surface area (Å²) in [6.07, 6.45) is 7.21. The van der Waals surface area contributed by atoms with Gasteiger partial charge >= 0.3 is 0 Å². The summed E-state index contributed by atoms with van der Waals surface area (Å²) >= 11 is 11.0. The molecule has 0 saturated heterocycles. The maximum atomic E-state index is 5.49. The Labute approximate surface area is 129 Å². The third kappa shape index (κ3) is 5.96. The van der Waals surface area contributed by atoms with Crippen molar-refractivity contribution in [2.24, 2.45) is 14.1 Å². The maximum Gasteiger partial charge on any atom is 0.123 e. The molecule has 104 valence electrons. The largest absolute Gasteiger partial charge is 0.337 e. The van der Waals surface area contributed by atoms with Gasteiger partial charge in [-0.15, -0.1) is 48.0 Å². The highest BCUT2D eigenvalue weighted by molar-refractivity contribution is 6.16. The van der Waals surface area contributed by atoms with E-state index in [1.807, 2.05) is 35.6 Å². The highest BCUT2D eigenvalue weighted by atomic mass is 35.5. The van der Waals surface area contributed by atoms with Crippen molar-refractivity contribution in [2.45, 2.75) is 11.8 Å². The molecular weight excluding hydrogens is 318 g/mol. The molecule has 0 fully saturated rings. The molecule has 0 bridgehead atoms. The topological polar surface area (TPSA) is 35.6 Å². The van der Waals surface area contributed by atoms with E-state index in [2.05, 4.69) is 9.97 Å². The van der Waals surface area contributed by atoms with Gasteiger partial charge < -0.3 is 9.13 Å². The van der Waals surface area contributed by atoms with E-state index in [-0.39, 0.29) is 24.8 Å². The Bertz CT molecular complexity index is 387. The van der Waals surface area contributed by atoms with Gasteiger partial charge in [0.15, 0.2) is 0 Å². The Morgan fingerprint density at radius 3 is 1.33 bits per heavy atom. The molecule has 0 saturated carbocycles. The zero-order valence-corrected chi connectivity index (χ0v) is 13.2. The van der Waals surface area contributed by atoms with Gasteiger partial charge in [0.2, 0.25) is 0 Å². The molecule has 0 atom stereocenters. The van der Waals surface area contributed by atoms with E-state index in [4.69, 9.17) is 23.2 Å². The van der Waals surface area contributed by atoms with E-state index < -0.39 is 0 Å². The van der Waals surface area contributed by atoms with E-state index in [0.717, 1.165) is 11.6 Å². The first-order valence-electron chi connectivity index (χ1n) is 4.73. The van der Waals surface area contributed by atoms with Gasteiger partial charge in [0, 0.05) is 38.9 Å². The smallest absolute Gasteiger partial charge is 0.123 e. The number of hydrogen-bond donors (Lipinski definition) is 0. The number of alkyl halides is 2. The molecule has 0 unspecified atom stereocenters. The van der Waals surface area contributed by atoms with E-state index in [1.165, 1.54) is 0 Å². The molecule has 0 aliphatic heterocycles. The van der Waals surface area contributed by atoms with Crippen LogP contribution < -0.4 is 0 Å². The third-order valence-corrected chi connectivity index (χ3v) is 2.56. The van der Waals surface area contributed by atoms with Crippen molar-refractivity contribution in [3.63, 3.8) is 0 Å². The van der Waals surface area contributed by atoms with Crippen molar-refractivity contribution in [3.8, 4) is 0 Å². The maximum absolute atomic E-state index is 5.49. The van der Waals surface area contributed by atoms with Gasteiger partial charge in [-0.3, -0.25) is 0 Å². The molecule has 8 heteroatoms. The summed E-state index contributed by atoms with van der Waals surface area (Å²) < 4.78 is 3.79. The molecule has 2 aromatic heterocycles. The van der Waals surface area contributed by atoms with Crippen molar-refractivity contribution in [1.82, 2.24) is 19.1 Å². The molecule has 0 aliphatic rings. The first-order chi connectivity index (χ1) is 7.69. The number of nitrogens with zero attached hydrogens (tertiary/aromatic N) is 4. The SMILES string of the molecule is Cl.Cl.Cn1ccnc1CCl.Cn1ccnc1CCl. The lowest BCUT2D eigenvalue weighted by atomic mass is 10.7. The molecule has 2 rings (SSSR count). The minimum atomic E-state index is 0. The normalized spacial score (nSPS) is 8.67. The van der Waals surface area contributed by atoms with Crippen LogP contribution in [0.3, 0.4) is 0 Å². The quantitative estimate of drug-likeness (QED) is 0.791. The van der Waals surface area contributed by atoms with Crippen LogP contribution in [0.5, 0.6) is 0 Å². The lowest BCUT2D eigenvalue weighted by Crippen LogP contribution is -1.91. The number of imidazole rings is 2. The lowest BCUT2D eigenvalue weighted by Gasteiger charge is -1.91. The van der Waals surface area contributed by atoms with Crippen LogP contribution >= 0.6 is 48.0 Å². The zero-order chi connectivity index (χ0) is 12.0. The van der Waals surface area contributed by atoms with E-state index in [1.54, 1.807) is 12.4 Å². The predicted molar refractivity (Wildman–Crippen MR) is 80.0 cm³/mol. The van der Waals surface area contributed by atoms with Crippen molar-refractivity contribution in [3.05, 3.63) is 36.4 Å². The fraction of sp³-hybridized carbons (Fsp3) is 0.400. The Morgan fingerprint density at radius 2 is 1.22 bits per heavy atom. The fourth-order valence-corrected chi connectivity index (χ4v) is 1.57. The summed E-state index contributed by atoms with van der Waals surface area (Å²) in [5.74, 6) is 2.80. The standard InChI is InChI=1S/2C5H7ClN2.2ClH/c2*1-8-3-2-7-5(8)4-6;;/h2*2-3H,4H2,1H3;2*1H. The average Bonchev–Trinajstić information content (AvgIpc) is 2.87. The van der Waals surface area contributed by atoms with Crippen LogP contribution in [0, 0.1) is 0 Å². The molecule has 0 aliphatic carbocycles. The molecule has 18 heavy (non-hydrogen) atoms. The molecule has 2 aromatic rings. The van der Waals surface area contributed by atoms with Gasteiger partial charge in [-0.05, 0) is 0 Å². The summed E-state index contributed by atoms with van der Waals surface area (Å²) in [6, 6.07) is 0. The molecule has 0 amide bonds. The minimum absolute atomic E-state index is 0. The second-order valence-electron chi connectivity index (χ2n) is 3.18. The molecule has 4 nitrogen and oxygen atoms in total. The first kappa shape index (κ1) is 19.9. The fourth-order valence-electron chi connectivity index (χ4n) is 1.05. The summed E-state index contributed by atoms with van der Waals surface area (Å²) in [5, 5.41) is 0. The van der Waals surface area contributed by atoms with Gasteiger partial charge in [0.1, 0.15) is 11.6 Å².